The molecule has 1 rings (SSSR count). The molecule has 1 saturated carbocycles. The molecule has 0 aromatic heterocycles. The number of amides is 2. The lowest BCUT2D eigenvalue weighted by atomic mass is 9.86. The van der Waals surface area contributed by atoms with Crippen molar-refractivity contribution in [2.45, 2.75) is 90.1 Å². The highest BCUT2D eigenvalue weighted by molar-refractivity contribution is 5.80. The van der Waals surface area contributed by atoms with Gasteiger partial charge in [-0.15, -0.1) is 0 Å². The van der Waals surface area contributed by atoms with Gasteiger partial charge in [-0.05, 0) is 40.5 Å². The van der Waals surface area contributed by atoms with Crippen molar-refractivity contribution in [3.8, 4) is 0 Å². The summed E-state index contributed by atoms with van der Waals surface area (Å²) in [6.45, 7) is 6.08. The van der Waals surface area contributed by atoms with Crippen molar-refractivity contribution in [3.63, 3.8) is 0 Å². The Morgan fingerprint density at radius 1 is 1.04 bits per heavy atom. The lowest BCUT2D eigenvalue weighted by Gasteiger charge is -2.31. The average molecular weight is 366 g/mol. The summed E-state index contributed by atoms with van der Waals surface area (Å²) in [5.74, 6) is -1.37. The van der Waals surface area contributed by atoms with Gasteiger partial charge in [-0.2, -0.15) is 13.2 Å². The molecule has 0 aliphatic heterocycles. The number of nitrogens with one attached hydrogen (secondary N) is 2. The van der Waals surface area contributed by atoms with Gasteiger partial charge in [0.2, 0.25) is 5.91 Å². The number of carbonyl (C=O) groups is 2. The van der Waals surface area contributed by atoms with E-state index in [4.69, 9.17) is 4.74 Å². The lowest BCUT2D eigenvalue weighted by Crippen LogP contribution is -2.52. The van der Waals surface area contributed by atoms with E-state index >= 15 is 0 Å². The van der Waals surface area contributed by atoms with Crippen molar-refractivity contribution in [1.82, 2.24) is 10.6 Å². The van der Waals surface area contributed by atoms with Crippen molar-refractivity contribution in [2.75, 3.05) is 0 Å². The Bertz CT molecular complexity index is 461. The van der Waals surface area contributed by atoms with Gasteiger partial charge in [0, 0.05) is 6.04 Å². The molecular formula is C17H29F3N2O3. The number of alkyl halides is 3. The Kier molecular flexibility index (Phi) is 7.56. The quantitative estimate of drug-likeness (QED) is 0.796. The molecule has 8 heteroatoms. The maximum atomic E-state index is 12.7. The van der Waals surface area contributed by atoms with Gasteiger partial charge in [0.05, 0.1) is 5.92 Å². The number of hydrogen-bond acceptors (Lipinski definition) is 3. The Morgan fingerprint density at radius 3 is 2.12 bits per heavy atom. The van der Waals surface area contributed by atoms with Crippen LogP contribution >= 0.6 is 0 Å². The fraction of sp³-hybridized carbons (Fsp3) is 0.882. The molecule has 2 N–H and O–H groups in total. The molecule has 1 fully saturated rings. The van der Waals surface area contributed by atoms with E-state index < -0.39 is 41.8 Å². The highest BCUT2D eigenvalue weighted by Gasteiger charge is 2.39. The molecule has 146 valence electrons. The van der Waals surface area contributed by atoms with Crippen molar-refractivity contribution < 1.29 is 27.5 Å². The second kappa shape index (κ2) is 8.76. The smallest absolute Gasteiger partial charge is 0.408 e. The minimum atomic E-state index is -4.49. The van der Waals surface area contributed by atoms with Crippen LogP contribution < -0.4 is 10.6 Å². The molecule has 1 unspecified atom stereocenters. The van der Waals surface area contributed by atoms with Gasteiger partial charge in [-0.25, -0.2) is 4.79 Å². The zero-order valence-electron chi connectivity index (χ0n) is 15.3. The standard InChI is InChI=1S/C17H29F3N2O3/c1-11(17(18,19)20)21-14(23)12-9-7-5-6-8-10-13(12)22-15(24)25-16(2,3)4/h11-13H,5-10H2,1-4H3,(H,21,23)(H,22,24)/t11?,12-,13+/m1/s1. The van der Waals surface area contributed by atoms with Crippen LogP contribution in [0, 0.1) is 5.92 Å². The molecule has 0 radical (unpaired) electrons. The van der Waals surface area contributed by atoms with Crippen LogP contribution in [0.2, 0.25) is 0 Å². The summed E-state index contributed by atoms with van der Waals surface area (Å²) in [6, 6.07) is -2.46. The minimum absolute atomic E-state index is 0.441. The summed E-state index contributed by atoms with van der Waals surface area (Å²) in [5.41, 5.74) is -0.686. The largest absolute Gasteiger partial charge is 0.444 e. The number of hydrogen-bond donors (Lipinski definition) is 2. The van der Waals surface area contributed by atoms with Crippen LogP contribution in [0.4, 0.5) is 18.0 Å². The van der Waals surface area contributed by atoms with Crippen molar-refractivity contribution in [2.24, 2.45) is 5.92 Å². The zero-order valence-corrected chi connectivity index (χ0v) is 15.3. The number of carbonyl (C=O) groups excluding carboxylic acids is 2. The molecule has 25 heavy (non-hydrogen) atoms. The molecular weight excluding hydrogens is 337 g/mol. The summed E-state index contributed by atoms with van der Waals surface area (Å²) in [4.78, 5) is 24.4. The maximum absolute atomic E-state index is 12.7. The molecule has 1 aliphatic rings. The second-order valence-electron chi connectivity index (χ2n) is 7.62. The average Bonchev–Trinajstić information content (AvgIpc) is 2.38. The normalized spacial score (nSPS) is 23.8. The predicted molar refractivity (Wildman–Crippen MR) is 88.0 cm³/mol. The van der Waals surface area contributed by atoms with E-state index in [1.807, 2.05) is 5.32 Å². The number of halogens is 3. The second-order valence-corrected chi connectivity index (χ2v) is 7.62. The maximum Gasteiger partial charge on any atom is 0.408 e. The molecule has 0 aromatic carbocycles. The molecule has 2 amide bonds. The van der Waals surface area contributed by atoms with Gasteiger partial charge in [0.25, 0.3) is 0 Å². The highest BCUT2D eigenvalue weighted by atomic mass is 19.4. The Labute approximate surface area is 147 Å². The molecule has 0 saturated heterocycles. The molecule has 3 atom stereocenters. The Morgan fingerprint density at radius 2 is 1.60 bits per heavy atom. The van der Waals surface area contributed by atoms with E-state index in [-0.39, 0.29) is 0 Å². The third-order valence-electron chi connectivity index (χ3n) is 4.15. The van der Waals surface area contributed by atoms with Crippen LogP contribution in [0.1, 0.15) is 66.2 Å². The first kappa shape index (κ1) is 21.6. The fourth-order valence-corrected chi connectivity index (χ4v) is 2.83. The molecule has 5 nitrogen and oxygen atoms in total. The number of alkyl carbamates (subject to hydrolysis) is 1. The van der Waals surface area contributed by atoms with E-state index in [1.165, 1.54) is 0 Å². The topological polar surface area (TPSA) is 67.4 Å². The van der Waals surface area contributed by atoms with Crippen molar-refractivity contribution in [3.05, 3.63) is 0 Å². The van der Waals surface area contributed by atoms with Gasteiger partial charge >= 0.3 is 12.3 Å². The summed E-state index contributed by atoms with van der Waals surface area (Å²) in [7, 11) is 0. The molecule has 1 aliphatic carbocycles. The highest BCUT2D eigenvalue weighted by Crippen LogP contribution is 2.25. The van der Waals surface area contributed by atoms with E-state index in [1.54, 1.807) is 20.8 Å². The summed E-state index contributed by atoms with van der Waals surface area (Å²) in [5, 5.41) is 4.72. The fourth-order valence-electron chi connectivity index (χ4n) is 2.83. The van der Waals surface area contributed by atoms with E-state index in [0.29, 0.717) is 12.8 Å². The zero-order chi connectivity index (χ0) is 19.3. The summed E-state index contributed by atoms with van der Waals surface area (Å²) in [6.07, 6.45) is -0.721. The predicted octanol–water partition coefficient (Wildman–Crippen LogP) is 3.92. The van der Waals surface area contributed by atoms with Gasteiger partial charge in [0.1, 0.15) is 11.6 Å². The number of rotatable bonds is 3. The first-order chi connectivity index (χ1) is 11.4. The van der Waals surface area contributed by atoms with Crippen LogP contribution in [-0.2, 0) is 9.53 Å². The molecule has 0 spiro atoms. The van der Waals surface area contributed by atoms with Crippen molar-refractivity contribution >= 4 is 12.0 Å². The Hall–Kier alpha value is -1.47. The van der Waals surface area contributed by atoms with Gasteiger partial charge in [0.15, 0.2) is 0 Å². The van der Waals surface area contributed by atoms with Gasteiger partial charge in [-0.1, -0.05) is 25.7 Å². The SMILES string of the molecule is CC(NC(=O)[C@@H]1CCCCCC[C@@H]1NC(=O)OC(C)(C)C)C(F)(F)F. The monoisotopic (exact) mass is 366 g/mol. The van der Waals surface area contributed by atoms with Crippen LogP contribution in [-0.4, -0.2) is 35.9 Å². The Balaban J connectivity index is 2.81. The van der Waals surface area contributed by atoms with E-state index in [2.05, 4.69) is 5.32 Å². The lowest BCUT2D eigenvalue weighted by molar-refractivity contribution is -0.159. The first-order valence-corrected chi connectivity index (χ1v) is 8.77. The van der Waals surface area contributed by atoms with Crippen LogP contribution in [0.25, 0.3) is 0 Å². The summed E-state index contributed by atoms with van der Waals surface area (Å²) >= 11 is 0. The van der Waals surface area contributed by atoms with Crippen LogP contribution in [0.5, 0.6) is 0 Å². The van der Waals surface area contributed by atoms with Crippen molar-refractivity contribution in [1.29, 1.82) is 0 Å². The third kappa shape index (κ3) is 7.96. The first-order valence-electron chi connectivity index (χ1n) is 8.77. The molecule has 0 heterocycles. The third-order valence-corrected chi connectivity index (χ3v) is 4.15. The van der Waals surface area contributed by atoms with Gasteiger partial charge < -0.3 is 15.4 Å². The van der Waals surface area contributed by atoms with Crippen LogP contribution in [0.3, 0.4) is 0 Å². The minimum Gasteiger partial charge on any atom is -0.444 e. The number of ether oxygens (including phenoxy) is 1. The molecule has 0 aromatic rings. The van der Waals surface area contributed by atoms with Gasteiger partial charge in [-0.3, -0.25) is 4.79 Å². The molecule has 0 bridgehead atoms. The van der Waals surface area contributed by atoms with E-state index in [9.17, 15) is 22.8 Å². The van der Waals surface area contributed by atoms with Crippen LogP contribution in [0.15, 0.2) is 0 Å². The van der Waals surface area contributed by atoms with E-state index in [0.717, 1.165) is 32.6 Å². The summed E-state index contributed by atoms with van der Waals surface area (Å²) < 4.78 is 43.3.